The molecule has 0 unspecified atom stereocenters. The van der Waals surface area contributed by atoms with Crippen LogP contribution >= 0.6 is 0 Å². The lowest BCUT2D eigenvalue weighted by atomic mass is 10.1. The molecular formula is C9H10O. The van der Waals surface area contributed by atoms with Crippen LogP contribution < -0.4 is 0 Å². The average molecular weight is 134 g/mol. The van der Waals surface area contributed by atoms with Crippen LogP contribution in [0.3, 0.4) is 0 Å². The van der Waals surface area contributed by atoms with Gasteiger partial charge in [0.2, 0.25) is 0 Å². The fourth-order valence-electron chi connectivity index (χ4n) is 0.860. The van der Waals surface area contributed by atoms with Crippen LogP contribution in [0.25, 0.3) is 6.08 Å². The Bertz CT molecular complexity index is 238. The van der Waals surface area contributed by atoms with Crippen molar-refractivity contribution in [2.24, 2.45) is 0 Å². The van der Waals surface area contributed by atoms with Crippen LogP contribution in [0.5, 0.6) is 0 Å². The van der Waals surface area contributed by atoms with Gasteiger partial charge in [-0.2, -0.15) is 0 Å². The van der Waals surface area contributed by atoms with Crippen LogP contribution in [0.1, 0.15) is 11.1 Å². The molecule has 1 aromatic carbocycles. The third-order valence-corrected chi connectivity index (χ3v) is 1.31. The van der Waals surface area contributed by atoms with Crippen molar-refractivity contribution in [1.29, 1.82) is 0 Å². The van der Waals surface area contributed by atoms with E-state index in [4.69, 9.17) is 5.11 Å². The summed E-state index contributed by atoms with van der Waals surface area (Å²) in [6, 6.07) is 7.94. The van der Waals surface area contributed by atoms with Gasteiger partial charge in [-0.15, -0.1) is 0 Å². The Labute approximate surface area is 60.6 Å². The van der Waals surface area contributed by atoms with E-state index in [1.807, 2.05) is 31.2 Å². The predicted octanol–water partition coefficient (Wildman–Crippen LogP) is 2.52. The van der Waals surface area contributed by atoms with E-state index in [2.05, 4.69) is 0 Å². The fourth-order valence-corrected chi connectivity index (χ4v) is 0.860. The Hall–Kier alpha value is -1.24. The van der Waals surface area contributed by atoms with Gasteiger partial charge in [-0.05, 0) is 18.6 Å². The van der Waals surface area contributed by atoms with Gasteiger partial charge < -0.3 is 5.11 Å². The minimum atomic E-state index is 1.03. The SMILES string of the molecule is Cc1cccc(/C=C\O)c1. The molecule has 0 aliphatic heterocycles. The summed E-state index contributed by atoms with van der Waals surface area (Å²) in [5.74, 6) is 0. The molecule has 0 saturated heterocycles. The van der Waals surface area contributed by atoms with E-state index in [-0.39, 0.29) is 0 Å². The highest BCUT2D eigenvalue weighted by atomic mass is 16.2. The molecule has 10 heavy (non-hydrogen) atoms. The molecule has 1 aromatic rings. The molecule has 52 valence electrons. The average Bonchev–Trinajstić information content (AvgIpc) is 1.88. The minimum absolute atomic E-state index is 1.03. The van der Waals surface area contributed by atoms with Crippen LogP contribution in [0, 0.1) is 6.92 Å². The molecule has 0 saturated carbocycles. The molecule has 0 aromatic heterocycles. The Morgan fingerprint density at radius 2 is 2.20 bits per heavy atom. The summed E-state index contributed by atoms with van der Waals surface area (Å²) in [5.41, 5.74) is 2.23. The second-order valence-electron chi connectivity index (χ2n) is 2.23. The molecule has 0 amide bonds. The van der Waals surface area contributed by atoms with Gasteiger partial charge in [-0.25, -0.2) is 0 Å². The maximum atomic E-state index is 8.43. The van der Waals surface area contributed by atoms with Gasteiger partial charge >= 0.3 is 0 Å². The van der Waals surface area contributed by atoms with E-state index in [0.29, 0.717) is 0 Å². The molecule has 1 rings (SSSR count). The Kier molecular flexibility index (Phi) is 2.11. The molecule has 0 heterocycles. The molecule has 0 radical (unpaired) electrons. The predicted molar refractivity (Wildman–Crippen MR) is 42.8 cm³/mol. The summed E-state index contributed by atoms with van der Waals surface area (Å²) in [7, 11) is 0. The van der Waals surface area contributed by atoms with Crippen molar-refractivity contribution < 1.29 is 5.11 Å². The number of hydrogen-bond donors (Lipinski definition) is 1. The zero-order valence-electron chi connectivity index (χ0n) is 5.91. The minimum Gasteiger partial charge on any atom is -0.516 e. The van der Waals surface area contributed by atoms with Gasteiger partial charge in [0, 0.05) is 0 Å². The van der Waals surface area contributed by atoms with Gasteiger partial charge in [0.15, 0.2) is 0 Å². The smallest absolute Gasteiger partial charge is 0.0797 e. The molecule has 0 aliphatic carbocycles. The van der Waals surface area contributed by atoms with Crippen LogP contribution in [0.15, 0.2) is 30.5 Å². The third-order valence-electron chi connectivity index (χ3n) is 1.31. The number of hydrogen-bond acceptors (Lipinski definition) is 1. The molecule has 0 fully saturated rings. The van der Waals surface area contributed by atoms with Crippen molar-refractivity contribution in [2.45, 2.75) is 6.92 Å². The second kappa shape index (κ2) is 3.06. The van der Waals surface area contributed by atoms with E-state index in [0.717, 1.165) is 11.8 Å². The lowest BCUT2D eigenvalue weighted by molar-refractivity contribution is 0.478. The standard InChI is InChI=1S/C9H10O/c1-8-3-2-4-9(7-8)5-6-10/h2-7,10H,1H3/b6-5-. The second-order valence-corrected chi connectivity index (χ2v) is 2.23. The topological polar surface area (TPSA) is 20.2 Å². The Morgan fingerprint density at radius 3 is 2.80 bits per heavy atom. The number of aliphatic hydroxyl groups is 1. The summed E-state index contributed by atoms with van der Waals surface area (Å²) in [4.78, 5) is 0. The van der Waals surface area contributed by atoms with Gasteiger partial charge in [-0.1, -0.05) is 29.8 Å². The van der Waals surface area contributed by atoms with Crippen LogP contribution in [0.4, 0.5) is 0 Å². The zero-order chi connectivity index (χ0) is 7.40. The first-order valence-corrected chi connectivity index (χ1v) is 3.20. The highest BCUT2D eigenvalue weighted by molar-refractivity contribution is 5.48. The van der Waals surface area contributed by atoms with Crippen LogP contribution in [0.2, 0.25) is 0 Å². The fraction of sp³-hybridized carbons (Fsp3) is 0.111. The molecule has 1 N–H and O–H groups in total. The summed E-state index contributed by atoms with van der Waals surface area (Å²) < 4.78 is 0. The summed E-state index contributed by atoms with van der Waals surface area (Å²) in [6.45, 7) is 2.02. The summed E-state index contributed by atoms with van der Waals surface area (Å²) in [5, 5.41) is 8.43. The van der Waals surface area contributed by atoms with Crippen LogP contribution in [-0.4, -0.2) is 5.11 Å². The first-order chi connectivity index (χ1) is 4.83. The number of benzene rings is 1. The number of aryl methyl sites for hydroxylation is 1. The summed E-state index contributed by atoms with van der Waals surface area (Å²) >= 11 is 0. The molecular weight excluding hydrogens is 124 g/mol. The first-order valence-electron chi connectivity index (χ1n) is 3.20. The van der Waals surface area contributed by atoms with Gasteiger partial charge in [-0.3, -0.25) is 0 Å². The quantitative estimate of drug-likeness (QED) is 0.585. The van der Waals surface area contributed by atoms with E-state index in [1.165, 1.54) is 5.56 Å². The van der Waals surface area contributed by atoms with Crippen molar-refractivity contribution in [3.8, 4) is 0 Å². The maximum absolute atomic E-state index is 8.43. The molecule has 0 atom stereocenters. The van der Waals surface area contributed by atoms with Crippen molar-refractivity contribution in [1.82, 2.24) is 0 Å². The highest BCUT2D eigenvalue weighted by Crippen LogP contribution is 2.04. The van der Waals surface area contributed by atoms with E-state index in [9.17, 15) is 0 Å². The van der Waals surface area contributed by atoms with Crippen molar-refractivity contribution in [3.05, 3.63) is 41.7 Å². The van der Waals surface area contributed by atoms with Crippen molar-refractivity contribution in [3.63, 3.8) is 0 Å². The van der Waals surface area contributed by atoms with E-state index < -0.39 is 0 Å². The number of aliphatic hydroxyl groups excluding tert-OH is 1. The summed E-state index contributed by atoms with van der Waals surface area (Å²) in [6.07, 6.45) is 2.71. The molecule has 0 spiro atoms. The van der Waals surface area contributed by atoms with Crippen molar-refractivity contribution in [2.75, 3.05) is 0 Å². The zero-order valence-corrected chi connectivity index (χ0v) is 5.91. The van der Waals surface area contributed by atoms with Crippen molar-refractivity contribution >= 4 is 6.08 Å². The maximum Gasteiger partial charge on any atom is 0.0797 e. The molecule has 1 heteroatoms. The largest absolute Gasteiger partial charge is 0.516 e. The Morgan fingerprint density at radius 1 is 1.40 bits per heavy atom. The van der Waals surface area contributed by atoms with Crippen LogP contribution in [-0.2, 0) is 0 Å². The van der Waals surface area contributed by atoms with Gasteiger partial charge in [0.1, 0.15) is 0 Å². The van der Waals surface area contributed by atoms with E-state index >= 15 is 0 Å². The molecule has 1 nitrogen and oxygen atoms in total. The first kappa shape index (κ1) is 6.87. The third kappa shape index (κ3) is 1.62. The van der Waals surface area contributed by atoms with Gasteiger partial charge in [0.05, 0.1) is 6.26 Å². The lowest BCUT2D eigenvalue weighted by Crippen LogP contribution is -1.73. The molecule has 0 aliphatic rings. The number of rotatable bonds is 1. The molecule has 0 bridgehead atoms. The Balaban J connectivity index is 2.95. The van der Waals surface area contributed by atoms with E-state index in [1.54, 1.807) is 6.08 Å². The normalized spacial score (nSPS) is 10.5. The highest BCUT2D eigenvalue weighted by Gasteiger charge is 1.84. The lowest BCUT2D eigenvalue weighted by Gasteiger charge is -1.92. The van der Waals surface area contributed by atoms with Gasteiger partial charge in [0.25, 0.3) is 0 Å². The monoisotopic (exact) mass is 134 g/mol.